The van der Waals surface area contributed by atoms with Crippen molar-refractivity contribution in [3.05, 3.63) is 34.9 Å². The van der Waals surface area contributed by atoms with Gasteiger partial charge in [-0.3, -0.25) is 9.79 Å². The Bertz CT molecular complexity index is 948. The predicted octanol–water partition coefficient (Wildman–Crippen LogP) is 2.85. The molecule has 0 aromatic heterocycles. The molecule has 0 radical (unpaired) electrons. The van der Waals surface area contributed by atoms with Crippen LogP contribution < -0.4 is 16.8 Å². The Morgan fingerprint density at radius 1 is 1.10 bits per heavy atom. The third-order valence-corrected chi connectivity index (χ3v) is 8.17. The molecule has 1 amide bonds. The van der Waals surface area contributed by atoms with E-state index in [-0.39, 0.29) is 24.6 Å². The smallest absolute Gasteiger partial charge is 0.244 e. The van der Waals surface area contributed by atoms with Gasteiger partial charge in [-0.05, 0) is 85.8 Å². The van der Waals surface area contributed by atoms with E-state index in [9.17, 15) is 9.90 Å². The molecule has 10 heteroatoms. The van der Waals surface area contributed by atoms with Crippen LogP contribution in [0, 0.1) is 0 Å². The highest BCUT2D eigenvalue weighted by Crippen LogP contribution is 2.30. The lowest BCUT2D eigenvalue weighted by Gasteiger charge is -2.48. The van der Waals surface area contributed by atoms with Gasteiger partial charge in [0, 0.05) is 33.0 Å². The Labute approximate surface area is 253 Å². The first-order chi connectivity index (χ1) is 20.0. The lowest BCUT2D eigenvalue weighted by molar-refractivity contribution is -0.254. The number of nitrogens with one attached hydrogen (secondary N) is 1. The van der Waals surface area contributed by atoms with Crippen molar-refractivity contribution in [2.24, 2.45) is 16.5 Å². The summed E-state index contributed by atoms with van der Waals surface area (Å²) in [6.07, 6.45) is 11.3. The number of hydrogen-bond acceptors (Lipinski definition) is 9. The average Bonchev–Trinajstić information content (AvgIpc) is 2.94. The number of nitrogens with two attached hydrogens (primary N) is 2. The Morgan fingerprint density at radius 2 is 1.79 bits per heavy atom. The second kappa shape index (κ2) is 18.7. The van der Waals surface area contributed by atoms with E-state index in [0.29, 0.717) is 13.0 Å². The number of likely N-dealkylation sites (N-methyl/N-ethyl adjacent to an activating group) is 2. The van der Waals surface area contributed by atoms with Gasteiger partial charge in [0.15, 0.2) is 6.29 Å². The van der Waals surface area contributed by atoms with E-state index in [1.165, 1.54) is 21.6 Å². The Hall–Kier alpha value is -1.92. The van der Waals surface area contributed by atoms with Gasteiger partial charge in [0.2, 0.25) is 5.91 Å². The first-order valence-electron chi connectivity index (χ1n) is 15.4. The van der Waals surface area contributed by atoms with Crippen LogP contribution >= 0.6 is 0 Å². The molecule has 1 heterocycles. The summed E-state index contributed by atoms with van der Waals surface area (Å²) in [6, 6.07) is -1.49. The van der Waals surface area contributed by atoms with E-state index in [4.69, 9.17) is 25.7 Å². The molecule has 10 nitrogen and oxygen atoms in total. The maximum atomic E-state index is 13.1. The number of nitrogens with zero attached hydrogens (tertiary/aromatic N) is 2. The molecule has 1 aliphatic carbocycles. The highest BCUT2D eigenvalue weighted by molar-refractivity contribution is 5.81. The zero-order valence-corrected chi connectivity index (χ0v) is 26.9. The molecule has 42 heavy (non-hydrogen) atoms. The number of rotatable bonds is 15. The minimum absolute atomic E-state index is 0.0303. The molecule has 1 saturated carbocycles. The van der Waals surface area contributed by atoms with Gasteiger partial charge in [0.25, 0.3) is 0 Å². The number of allylic oxidation sites excluding steroid dienone is 6. The van der Waals surface area contributed by atoms with Gasteiger partial charge in [-0.15, -0.1) is 0 Å². The predicted molar refractivity (Wildman–Crippen MR) is 169 cm³/mol. The molecule has 2 rings (SSSR count). The van der Waals surface area contributed by atoms with E-state index in [2.05, 4.69) is 50.2 Å². The highest BCUT2D eigenvalue weighted by Gasteiger charge is 2.48. The summed E-state index contributed by atoms with van der Waals surface area (Å²) in [5, 5.41) is 14.5. The van der Waals surface area contributed by atoms with Crippen molar-refractivity contribution < 1.29 is 24.1 Å². The molecule has 8 atom stereocenters. The van der Waals surface area contributed by atoms with Crippen molar-refractivity contribution >= 4 is 12.1 Å². The van der Waals surface area contributed by atoms with Crippen molar-refractivity contribution in [3.8, 4) is 0 Å². The van der Waals surface area contributed by atoms with Crippen LogP contribution in [0.4, 0.5) is 0 Å². The van der Waals surface area contributed by atoms with Crippen molar-refractivity contribution in [3.63, 3.8) is 0 Å². The van der Waals surface area contributed by atoms with Crippen molar-refractivity contribution in [2.45, 2.75) is 121 Å². The second-order valence-corrected chi connectivity index (χ2v) is 12.1. The third-order valence-electron chi connectivity index (χ3n) is 8.17. The van der Waals surface area contributed by atoms with Gasteiger partial charge < -0.3 is 41.0 Å². The van der Waals surface area contributed by atoms with Crippen molar-refractivity contribution in [2.75, 3.05) is 34.3 Å². The van der Waals surface area contributed by atoms with Crippen LogP contribution in [0.3, 0.4) is 0 Å². The summed E-state index contributed by atoms with van der Waals surface area (Å²) in [5.41, 5.74) is 16.7. The third kappa shape index (κ3) is 11.6. The lowest BCUT2D eigenvalue weighted by Crippen LogP contribution is -2.66. The summed E-state index contributed by atoms with van der Waals surface area (Å²) in [6.45, 7) is 9.15. The van der Waals surface area contributed by atoms with Gasteiger partial charge in [0.1, 0.15) is 18.8 Å². The fourth-order valence-corrected chi connectivity index (χ4v) is 5.55. The molecule has 0 aromatic rings. The average molecular weight is 592 g/mol. The van der Waals surface area contributed by atoms with Crippen LogP contribution in [-0.4, -0.2) is 105 Å². The molecular weight excluding hydrogens is 534 g/mol. The molecule has 0 bridgehead atoms. The molecule has 6 unspecified atom stereocenters. The molecular formula is C32H57N5O5. The molecule has 1 aliphatic heterocycles. The fraction of sp³-hybridized carbons (Fsp3) is 0.750. The van der Waals surface area contributed by atoms with Gasteiger partial charge in [0.05, 0.1) is 24.3 Å². The van der Waals surface area contributed by atoms with Gasteiger partial charge in [-0.1, -0.05) is 28.9 Å². The SMILES string of the molecule is CNCC1CCC(N)[C@@H](O[C@H]2C(N)CC(OC)C(N(C)C(=O)CN=C/C=C(\C)CC/C=C(\C)CCC=C(C)C)C2O)O1. The monoisotopic (exact) mass is 591 g/mol. The first-order valence-corrected chi connectivity index (χ1v) is 15.4. The lowest BCUT2D eigenvalue weighted by atomic mass is 9.83. The van der Waals surface area contributed by atoms with Crippen LogP contribution in [0.25, 0.3) is 0 Å². The topological polar surface area (TPSA) is 145 Å². The number of carbonyl (C=O) groups excluding carboxylic acids is 1. The van der Waals surface area contributed by atoms with E-state index >= 15 is 0 Å². The minimum Gasteiger partial charge on any atom is -0.388 e. The molecule has 0 spiro atoms. The van der Waals surface area contributed by atoms with Crippen LogP contribution in [0.2, 0.25) is 0 Å². The number of hydrogen-bond donors (Lipinski definition) is 4. The maximum absolute atomic E-state index is 13.1. The zero-order valence-electron chi connectivity index (χ0n) is 26.9. The Kier molecular flexibility index (Phi) is 16.1. The number of aliphatic hydroxyl groups is 1. The van der Waals surface area contributed by atoms with Gasteiger partial charge in [-0.25, -0.2) is 0 Å². The molecule has 240 valence electrons. The standard InChI is InChI=1S/C32H57N5O5/c1-21(2)10-8-11-22(3)12-9-13-23(4)16-17-36-20-28(38)37(6)29-27(40-7)18-26(34)31(30(29)39)42-32-25(33)15-14-24(41-32)19-35-5/h10,12,16-17,24-27,29-32,35,39H,8-9,11,13-15,18-20,33-34H2,1-7H3/b22-12+,23-16+,36-17?/t24?,25?,26?,27?,29?,30?,31-,32+/m0/s1. The number of carbonyl (C=O) groups is 1. The summed E-state index contributed by atoms with van der Waals surface area (Å²) in [4.78, 5) is 18.9. The summed E-state index contributed by atoms with van der Waals surface area (Å²) in [7, 11) is 5.09. The molecule has 0 aromatic carbocycles. The largest absolute Gasteiger partial charge is 0.388 e. The van der Waals surface area contributed by atoms with Gasteiger partial charge in [-0.2, -0.15) is 0 Å². The van der Waals surface area contributed by atoms with E-state index in [0.717, 1.165) is 38.5 Å². The number of methoxy groups -OCH3 is 1. The van der Waals surface area contributed by atoms with Crippen LogP contribution in [0.5, 0.6) is 0 Å². The number of aliphatic imine (C=N–C) groups is 1. The zero-order chi connectivity index (χ0) is 31.2. The molecule has 1 saturated heterocycles. The molecule has 6 N–H and O–H groups in total. The van der Waals surface area contributed by atoms with Crippen LogP contribution in [0.15, 0.2) is 39.9 Å². The number of ether oxygens (including phenoxy) is 3. The minimum atomic E-state index is -1.09. The fourth-order valence-electron chi connectivity index (χ4n) is 5.55. The van der Waals surface area contributed by atoms with Crippen LogP contribution in [-0.2, 0) is 19.0 Å². The quantitative estimate of drug-likeness (QED) is 0.168. The Morgan fingerprint density at radius 3 is 2.45 bits per heavy atom. The summed E-state index contributed by atoms with van der Waals surface area (Å²) >= 11 is 0. The van der Waals surface area contributed by atoms with Crippen molar-refractivity contribution in [1.82, 2.24) is 10.2 Å². The highest BCUT2D eigenvalue weighted by atomic mass is 16.7. The summed E-state index contributed by atoms with van der Waals surface area (Å²) < 4.78 is 17.9. The normalized spacial score (nSPS) is 30.9. The van der Waals surface area contributed by atoms with E-state index in [1.807, 2.05) is 13.1 Å². The molecule has 2 fully saturated rings. The van der Waals surface area contributed by atoms with Gasteiger partial charge >= 0.3 is 0 Å². The molecule has 2 aliphatic rings. The van der Waals surface area contributed by atoms with Crippen LogP contribution in [0.1, 0.15) is 72.6 Å². The van der Waals surface area contributed by atoms with E-state index < -0.39 is 36.7 Å². The number of amides is 1. The van der Waals surface area contributed by atoms with E-state index in [1.54, 1.807) is 20.4 Å². The first kappa shape index (κ1) is 36.3. The summed E-state index contributed by atoms with van der Waals surface area (Å²) in [5.74, 6) is -0.229. The Balaban J connectivity index is 1.94. The second-order valence-electron chi connectivity index (χ2n) is 12.1. The van der Waals surface area contributed by atoms with Crippen molar-refractivity contribution in [1.29, 1.82) is 0 Å². The maximum Gasteiger partial charge on any atom is 0.244 e. The number of aliphatic hydroxyl groups excluding tert-OH is 1.